The van der Waals surface area contributed by atoms with Crippen LogP contribution in [-0.4, -0.2) is 23.5 Å². The smallest absolute Gasteiger partial charge is 0.256 e. The van der Waals surface area contributed by atoms with Crippen LogP contribution in [0, 0.1) is 43.9 Å². The standard InChI is InChI=1S/C22H30N2/c1-14-6-15(2)20(16(3)7-14)24-5-4-23-21(24)22-11-17-8-18(12-22)10-19(9-17)13-22/h6-7,17-19H,4-5,8-13H2,1-3H3/p+1. The highest BCUT2D eigenvalue weighted by atomic mass is 15.2. The van der Waals surface area contributed by atoms with Gasteiger partial charge >= 0.3 is 0 Å². The molecule has 1 aliphatic heterocycles. The molecule has 4 aliphatic carbocycles. The minimum atomic E-state index is 0.467. The van der Waals surface area contributed by atoms with Crippen molar-refractivity contribution < 1.29 is 4.58 Å². The molecule has 24 heavy (non-hydrogen) atoms. The van der Waals surface area contributed by atoms with Crippen LogP contribution < -0.4 is 5.32 Å². The number of hydrogen-bond donors (Lipinski definition) is 1. The minimum absolute atomic E-state index is 0.467. The van der Waals surface area contributed by atoms with Crippen molar-refractivity contribution in [2.24, 2.45) is 23.2 Å². The van der Waals surface area contributed by atoms with Gasteiger partial charge in [-0.1, -0.05) is 17.7 Å². The zero-order valence-electron chi connectivity index (χ0n) is 15.5. The molecule has 0 saturated heterocycles. The Morgan fingerprint density at radius 2 is 1.46 bits per heavy atom. The van der Waals surface area contributed by atoms with Crippen LogP contribution in [0.1, 0.15) is 55.2 Å². The average molecular weight is 324 g/mol. The summed E-state index contributed by atoms with van der Waals surface area (Å²) >= 11 is 0. The normalized spacial score (nSPS) is 37.2. The number of hydrogen-bond acceptors (Lipinski definition) is 1. The predicted molar refractivity (Wildman–Crippen MR) is 99.1 cm³/mol. The van der Waals surface area contributed by atoms with Crippen LogP contribution in [0.4, 0.5) is 5.69 Å². The Kier molecular flexibility index (Phi) is 3.18. The molecule has 1 heterocycles. The molecule has 6 rings (SSSR count). The fourth-order valence-electron chi connectivity index (χ4n) is 7.19. The molecule has 2 nitrogen and oxygen atoms in total. The molecule has 5 aliphatic rings. The fourth-order valence-corrected chi connectivity index (χ4v) is 7.19. The Labute approximate surface area is 146 Å². The van der Waals surface area contributed by atoms with Crippen LogP contribution in [0.2, 0.25) is 0 Å². The van der Waals surface area contributed by atoms with Gasteiger partial charge in [0, 0.05) is 0 Å². The monoisotopic (exact) mass is 323 g/mol. The molecule has 4 fully saturated rings. The van der Waals surface area contributed by atoms with Crippen molar-refractivity contribution in [2.75, 3.05) is 13.1 Å². The molecule has 4 saturated carbocycles. The molecule has 0 aromatic heterocycles. The number of aryl methyl sites for hydroxylation is 3. The van der Waals surface area contributed by atoms with E-state index in [1.54, 1.807) is 5.84 Å². The molecule has 1 aromatic carbocycles. The average Bonchev–Trinajstić information content (AvgIpc) is 2.94. The number of rotatable bonds is 2. The summed E-state index contributed by atoms with van der Waals surface area (Å²) in [6, 6.07) is 4.72. The molecule has 0 radical (unpaired) electrons. The molecule has 0 spiro atoms. The first-order chi connectivity index (χ1) is 11.5. The van der Waals surface area contributed by atoms with Crippen LogP contribution in [0.5, 0.6) is 0 Å². The van der Waals surface area contributed by atoms with Crippen molar-refractivity contribution in [1.82, 2.24) is 5.32 Å². The molecule has 0 atom stereocenters. The molecule has 4 bridgehead atoms. The van der Waals surface area contributed by atoms with Gasteiger partial charge in [0.15, 0.2) is 0 Å². The maximum absolute atomic E-state index is 3.87. The maximum Gasteiger partial charge on any atom is 0.256 e. The van der Waals surface area contributed by atoms with E-state index >= 15 is 0 Å². The van der Waals surface area contributed by atoms with Gasteiger partial charge in [0.1, 0.15) is 18.8 Å². The summed E-state index contributed by atoms with van der Waals surface area (Å²) in [6.07, 6.45) is 8.91. The van der Waals surface area contributed by atoms with Crippen molar-refractivity contribution in [1.29, 1.82) is 0 Å². The van der Waals surface area contributed by atoms with Crippen LogP contribution >= 0.6 is 0 Å². The van der Waals surface area contributed by atoms with E-state index in [1.165, 1.54) is 60.9 Å². The maximum atomic E-state index is 3.87. The molecule has 0 amide bonds. The van der Waals surface area contributed by atoms with Gasteiger partial charge in [0.25, 0.3) is 5.84 Å². The summed E-state index contributed by atoms with van der Waals surface area (Å²) < 4.78 is 2.68. The third-order valence-corrected chi connectivity index (χ3v) is 7.34. The van der Waals surface area contributed by atoms with Crippen molar-refractivity contribution in [3.05, 3.63) is 28.8 Å². The Morgan fingerprint density at radius 3 is 2.00 bits per heavy atom. The zero-order valence-corrected chi connectivity index (χ0v) is 15.5. The zero-order chi connectivity index (χ0) is 16.5. The van der Waals surface area contributed by atoms with Crippen LogP contribution in [0.15, 0.2) is 12.1 Å². The minimum Gasteiger partial charge on any atom is -0.274 e. The van der Waals surface area contributed by atoms with E-state index < -0.39 is 0 Å². The summed E-state index contributed by atoms with van der Waals surface area (Å²) in [7, 11) is 0. The Hall–Kier alpha value is -1.31. The lowest BCUT2D eigenvalue weighted by molar-refractivity contribution is -0.435. The largest absolute Gasteiger partial charge is 0.274 e. The van der Waals surface area contributed by atoms with Gasteiger partial charge in [0.2, 0.25) is 0 Å². The van der Waals surface area contributed by atoms with Crippen LogP contribution in [0.3, 0.4) is 0 Å². The highest BCUT2D eigenvalue weighted by molar-refractivity contribution is 5.86. The van der Waals surface area contributed by atoms with E-state index in [4.69, 9.17) is 0 Å². The molecule has 1 aromatic rings. The van der Waals surface area contributed by atoms with Gasteiger partial charge in [-0.2, -0.15) is 0 Å². The molecular formula is C22H31N2+. The summed E-state index contributed by atoms with van der Waals surface area (Å²) in [5.74, 6) is 4.62. The van der Waals surface area contributed by atoms with E-state index in [0.717, 1.165) is 30.8 Å². The van der Waals surface area contributed by atoms with E-state index in [0.29, 0.717) is 5.41 Å². The lowest BCUT2D eigenvalue weighted by Gasteiger charge is -2.55. The van der Waals surface area contributed by atoms with Crippen molar-refractivity contribution in [2.45, 2.75) is 59.3 Å². The third-order valence-electron chi connectivity index (χ3n) is 7.34. The van der Waals surface area contributed by atoms with Crippen molar-refractivity contribution >= 4 is 11.5 Å². The van der Waals surface area contributed by atoms with Gasteiger partial charge in [0.05, 0.1) is 5.41 Å². The molecule has 2 heteroatoms. The Balaban J connectivity index is 1.63. The summed E-state index contributed by atoms with van der Waals surface area (Å²) in [6.45, 7) is 9.07. The number of nitrogens with zero attached hydrogens (tertiary/aromatic N) is 1. The lowest BCUT2D eigenvalue weighted by Crippen LogP contribution is -2.54. The Morgan fingerprint density at radius 1 is 0.917 bits per heavy atom. The second-order valence-electron chi connectivity index (χ2n) is 9.37. The number of nitrogens with one attached hydrogen (secondary N) is 1. The predicted octanol–water partition coefficient (Wildman–Crippen LogP) is 4.47. The highest BCUT2D eigenvalue weighted by Crippen LogP contribution is 2.60. The van der Waals surface area contributed by atoms with E-state index in [-0.39, 0.29) is 0 Å². The van der Waals surface area contributed by atoms with Gasteiger partial charge in [-0.15, -0.1) is 0 Å². The summed E-state index contributed by atoms with van der Waals surface area (Å²) in [4.78, 5) is 0. The van der Waals surface area contributed by atoms with E-state index in [9.17, 15) is 0 Å². The first-order valence-electron chi connectivity index (χ1n) is 10.0. The van der Waals surface area contributed by atoms with Gasteiger partial charge in [-0.25, -0.2) is 4.58 Å². The fraction of sp³-hybridized carbons (Fsp3) is 0.682. The number of amidine groups is 1. The lowest BCUT2D eigenvalue weighted by atomic mass is 9.49. The van der Waals surface area contributed by atoms with Crippen molar-refractivity contribution in [3.8, 4) is 0 Å². The van der Waals surface area contributed by atoms with Gasteiger partial charge in [-0.05, 0) is 88.2 Å². The molecule has 0 unspecified atom stereocenters. The first kappa shape index (κ1) is 15.0. The van der Waals surface area contributed by atoms with Crippen molar-refractivity contribution in [3.63, 3.8) is 0 Å². The van der Waals surface area contributed by atoms with E-state index in [2.05, 4.69) is 42.8 Å². The second kappa shape index (κ2) is 5.09. The van der Waals surface area contributed by atoms with Crippen LogP contribution in [0.25, 0.3) is 0 Å². The van der Waals surface area contributed by atoms with E-state index in [1.807, 2.05) is 0 Å². The quantitative estimate of drug-likeness (QED) is 0.793. The summed E-state index contributed by atoms with van der Waals surface area (Å²) in [5.41, 5.74) is 6.22. The van der Waals surface area contributed by atoms with Gasteiger partial charge in [-0.3, -0.25) is 5.32 Å². The highest BCUT2D eigenvalue weighted by Gasteiger charge is 2.57. The summed E-state index contributed by atoms with van der Waals surface area (Å²) in [5, 5.41) is 3.87. The first-order valence-corrected chi connectivity index (χ1v) is 10.0. The van der Waals surface area contributed by atoms with Gasteiger partial charge < -0.3 is 0 Å². The Bertz CT molecular complexity index is 669. The number of benzene rings is 1. The molecule has 1 N–H and O–H groups in total. The molecular weight excluding hydrogens is 292 g/mol. The van der Waals surface area contributed by atoms with Crippen LogP contribution in [-0.2, 0) is 0 Å². The molecule has 128 valence electrons. The third kappa shape index (κ3) is 2.11. The second-order valence-corrected chi connectivity index (χ2v) is 9.37. The topological polar surface area (TPSA) is 15.0 Å². The SMILES string of the molecule is Cc1cc(C)c([N+]2=C(C34CC5CC(CC(C5)C3)C4)NCC2)c(C)c1.